The van der Waals surface area contributed by atoms with Crippen LogP contribution >= 0.6 is 11.3 Å². The van der Waals surface area contributed by atoms with Gasteiger partial charge < -0.3 is 10.2 Å². The quantitative estimate of drug-likeness (QED) is 0.378. The monoisotopic (exact) mass is 524 g/mol. The molecule has 0 bridgehead atoms. The van der Waals surface area contributed by atoms with Gasteiger partial charge in [0.1, 0.15) is 11.5 Å². The van der Waals surface area contributed by atoms with Gasteiger partial charge in [-0.15, -0.1) is 11.3 Å². The van der Waals surface area contributed by atoms with Crippen LogP contribution < -0.4 is 5.32 Å². The second-order valence-electron chi connectivity index (χ2n) is 8.82. The fraction of sp³-hybridized carbons (Fsp3) is 0.320. The van der Waals surface area contributed by atoms with Gasteiger partial charge in [-0.3, -0.25) is 19.1 Å². The van der Waals surface area contributed by atoms with E-state index < -0.39 is 9.84 Å². The number of thiophene rings is 1. The molecule has 1 fully saturated rings. The summed E-state index contributed by atoms with van der Waals surface area (Å²) in [5, 5.41) is 5.39. The average molecular weight is 525 g/mol. The Bertz CT molecular complexity index is 1440. The number of benzene rings is 1. The van der Waals surface area contributed by atoms with Gasteiger partial charge in [-0.05, 0) is 30.0 Å². The lowest BCUT2D eigenvalue weighted by molar-refractivity contribution is -0.131. The van der Waals surface area contributed by atoms with Gasteiger partial charge in [0.25, 0.3) is 0 Å². The minimum absolute atomic E-state index is 0.0373. The van der Waals surface area contributed by atoms with Crippen LogP contribution in [0.3, 0.4) is 0 Å². The van der Waals surface area contributed by atoms with Crippen LogP contribution in [0.5, 0.6) is 0 Å². The molecule has 1 aliphatic heterocycles. The van der Waals surface area contributed by atoms with Gasteiger partial charge in [-0.2, -0.15) is 0 Å². The summed E-state index contributed by atoms with van der Waals surface area (Å²) in [6, 6.07) is 10.8. The largest absolute Gasteiger partial charge is 0.360 e. The molecule has 1 saturated heterocycles. The van der Waals surface area contributed by atoms with Crippen LogP contribution in [0.2, 0.25) is 0 Å². The van der Waals surface area contributed by atoms with Crippen molar-refractivity contribution in [2.45, 2.75) is 11.3 Å². The Hall–Kier alpha value is -3.28. The Kier molecular flexibility index (Phi) is 7.04. The summed E-state index contributed by atoms with van der Waals surface area (Å²) in [4.78, 5) is 27.8. The molecule has 1 aromatic carbocycles. The highest BCUT2D eigenvalue weighted by atomic mass is 32.2. The number of piperazine rings is 1. The summed E-state index contributed by atoms with van der Waals surface area (Å²) >= 11 is 1.79. The van der Waals surface area contributed by atoms with E-state index >= 15 is 0 Å². The summed E-state index contributed by atoms with van der Waals surface area (Å²) in [5.41, 5.74) is 2.02. The van der Waals surface area contributed by atoms with Crippen molar-refractivity contribution < 1.29 is 13.2 Å². The van der Waals surface area contributed by atoms with Crippen molar-refractivity contribution in [1.82, 2.24) is 24.2 Å². The maximum atomic E-state index is 13.0. The Balaban J connectivity index is 1.25. The van der Waals surface area contributed by atoms with Gasteiger partial charge in [0.05, 0.1) is 17.6 Å². The number of rotatable bonds is 8. The predicted octanol–water partition coefficient (Wildman–Crippen LogP) is 2.66. The highest BCUT2D eigenvalue weighted by Gasteiger charge is 2.22. The van der Waals surface area contributed by atoms with Gasteiger partial charge in [0.15, 0.2) is 15.5 Å². The molecule has 9 nitrogen and oxygen atoms in total. The highest BCUT2D eigenvalue weighted by Crippen LogP contribution is 2.29. The number of nitrogens with zero attached hydrogens (tertiary/aromatic N) is 5. The number of imidazole rings is 1. The lowest BCUT2D eigenvalue weighted by Gasteiger charge is -2.34. The number of fused-ring (bicyclic) bond motifs is 1. The number of carbonyl (C=O) groups excluding carboxylic acids is 1. The number of sulfone groups is 1. The van der Waals surface area contributed by atoms with Crippen LogP contribution in [0.4, 0.5) is 5.82 Å². The van der Waals surface area contributed by atoms with Gasteiger partial charge in [0.2, 0.25) is 5.91 Å². The summed E-state index contributed by atoms with van der Waals surface area (Å²) in [5.74, 6) is 0.706. The SMILES string of the molecule is CS(=O)(=O)c1ccc(-c2nc3cnccn3c2NCC(=O)N2CCN(CCc3cccs3)CC2)cc1. The second kappa shape index (κ2) is 10.4. The highest BCUT2D eigenvalue weighted by molar-refractivity contribution is 7.90. The molecule has 4 aromatic rings. The van der Waals surface area contributed by atoms with Gasteiger partial charge in [0, 0.05) is 61.8 Å². The van der Waals surface area contributed by atoms with Crippen LogP contribution in [0.1, 0.15) is 4.88 Å². The summed E-state index contributed by atoms with van der Waals surface area (Å²) < 4.78 is 25.5. The topological polar surface area (TPSA) is 99.9 Å². The number of amides is 1. The lowest BCUT2D eigenvalue weighted by atomic mass is 10.1. The molecule has 3 aromatic heterocycles. The van der Waals surface area contributed by atoms with Crippen molar-refractivity contribution >= 4 is 38.5 Å². The van der Waals surface area contributed by atoms with E-state index in [1.807, 2.05) is 9.30 Å². The normalized spacial score (nSPS) is 14.9. The third kappa shape index (κ3) is 5.43. The smallest absolute Gasteiger partial charge is 0.242 e. The van der Waals surface area contributed by atoms with E-state index in [2.05, 4.69) is 37.7 Å². The number of aromatic nitrogens is 3. The standard InChI is InChI=1S/C25H28N6O3S2/c1-36(33,34)21-6-4-19(5-7-21)24-25(31-11-9-26-17-22(31)28-24)27-18-23(32)30-14-12-29(13-15-30)10-8-20-3-2-16-35-20/h2-7,9,11,16-17,27H,8,10,12-15,18H2,1H3. The number of hydrogen-bond acceptors (Lipinski definition) is 8. The van der Waals surface area contributed by atoms with E-state index in [9.17, 15) is 13.2 Å². The molecule has 1 N–H and O–H groups in total. The molecule has 0 radical (unpaired) electrons. The van der Waals surface area contributed by atoms with Crippen molar-refractivity contribution in [3.05, 3.63) is 65.2 Å². The number of carbonyl (C=O) groups is 1. The summed E-state index contributed by atoms with van der Waals surface area (Å²) in [6.07, 6.45) is 7.32. The molecule has 0 saturated carbocycles. The number of nitrogens with one attached hydrogen (secondary N) is 1. The second-order valence-corrected chi connectivity index (χ2v) is 11.9. The van der Waals surface area contributed by atoms with Gasteiger partial charge in [-0.1, -0.05) is 18.2 Å². The predicted molar refractivity (Wildman–Crippen MR) is 141 cm³/mol. The Morgan fingerprint density at radius 1 is 1.11 bits per heavy atom. The molecular weight excluding hydrogens is 496 g/mol. The molecule has 1 amide bonds. The van der Waals surface area contributed by atoms with Crippen molar-refractivity contribution in [2.75, 3.05) is 50.8 Å². The van der Waals surface area contributed by atoms with E-state index in [0.717, 1.165) is 31.6 Å². The fourth-order valence-electron chi connectivity index (χ4n) is 4.35. The molecular formula is C25H28N6O3S2. The number of anilines is 1. The first-order valence-corrected chi connectivity index (χ1v) is 14.5. The van der Waals surface area contributed by atoms with Crippen LogP contribution in [0, 0.1) is 0 Å². The minimum atomic E-state index is -3.29. The molecule has 0 spiro atoms. The molecule has 1 aliphatic rings. The van der Waals surface area contributed by atoms with E-state index in [0.29, 0.717) is 30.2 Å². The Labute approximate surface area is 214 Å². The fourth-order valence-corrected chi connectivity index (χ4v) is 5.68. The molecule has 188 valence electrons. The molecule has 5 rings (SSSR count). The maximum absolute atomic E-state index is 13.0. The maximum Gasteiger partial charge on any atom is 0.242 e. The average Bonchev–Trinajstić information content (AvgIpc) is 3.54. The first-order valence-electron chi connectivity index (χ1n) is 11.8. The van der Waals surface area contributed by atoms with Crippen LogP contribution in [-0.4, -0.2) is 84.0 Å². The van der Waals surface area contributed by atoms with Crippen molar-refractivity contribution in [2.24, 2.45) is 0 Å². The van der Waals surface area contributed by atoms with Crippen LogP contribution in [0.25, 0.3) is 16.9 Å². The first-order chi connectivity index (χ1) is 17.4. The molecule has 0 aliphatic carbocycles. The third-order valence-corrected chi connectivity index (χ3v) is 8.44. The van der Waals surface area contributed by atoms with Crippen molar-refractivity contribution in [1.29, 1.82) is 0 Å². The Morgan fingerprint density at radius 2 is 1.89 bits per heavy atom. The van der Waals surface area contributed by atoms with Gasteiger partial charge in [-0.25, -0.2) is 13.4 Å². The first kappa shape index (κ1) is 24.4. The zero-order chi connectivity index (χ0) is 25.1. The number of hydrogen-bond donors (Lipinski definition) is 1. The summed E-state index contributed by atoms with van der Waals surface area (Å²) in [7, 11) is -3.29. The summed E-state index contributed by atoms with van der Waals surface area (Å²) in [6.45, 7) is 4.31. The minimum Gasteiger partial charge on any atom is -0.360 e. The molecule has 4 heterocycles. The van der Waals surface area contributed by atoms with Gasteiger partial charge >= 0.3 is 0 Å². The molecule has 11 heteroatoms. The van der Waals surface area contributed by atoms with Crippen LogP contribution in [-0.2, 0) is 21.1 Å². The van der Waals surface area contributed by atoms with E-state index in [1.165, 1.54) is 11.1 Å². The third-order valence-electron chi connectivity index (χ3n) is 6.37. The van der Waals surface area contributed by atoms with Crippen LogP contribution in [0.15, 0.2) is 65.3 Å². The lowest BCUT2D eigenvalue weighted by Crippen LogP contribution is -2.50. The van der Waals surface area contributed by atoms with E-state index in [-0.39, 0.29) is 17.3 Å². The molecule has 36 heavy (non-hydrogen) atoms. The van der Waals surface area contributed by atoms with E-state index in [1.54, 1.807) is 54.2 Å². The zero-order valence-electron chi connectivity index (χ0n) is 20.0. The molecule has 0 atom stereocenters. The van der Waals surface area contributed by atoms with Crippen molar-refractivity contribution in [3.8, 4) is 11.3 Å². The molecule has 0 unspecified atom stereocenters. The van der Waals surface area contributed by atoms with E-state index in [4.69, 9.17) is 0 Å². The Morgan fingerprint density at radius 3 is 2.58 bits per heavy atom. The zero-order valence-corrected chi connectivity index (χ0v) is 21.6. The van der Waals surface area contributed by atoms with Crippen molar-refractivity contribution in [3.63, 3.8) is 0 Å².